The van der Waals surface area contributed by atoms with E-state index in [9.17, 15) is 4.79 Å². The summed E-state index contributed by atoms with van der Waals surface area (Å²) in [6, 6.07) is 0. The zero-order valence-electron chi connectivity index (χ0n) is 15.3. The van der Waals surface area contributed by atoms with Gasteiger partial charge in [0.2, 0.25) is 0 Å². The summed E-state index contributed by atoms with van der Waals surface area (Å²) in [6.07, 6.45) is 0.652. The number of ether oxygens (including phenoxy) is 3. The fourth-order valence-electron chi connectivity index (χ4n) is 2.21. The molecule has 1 fully saturated rings. The monoisotopic (exact) mass is 332 g/mol. The van der Waals surface area contributed by atoms with Crippen LogP contribution in [0.1, 0.15) is 47.5 Å². The topological polar surface area (TPSA) is 54.0 Å². The Morgan fingerprint density at radius 3 is 2.36 bits per heavy atom. The van der Waals surface area contributed by atoms with E-state index in [0.717, 1.165) is 0 Å². The number of rotatable bonds is 6. The SMILES string of the molecule is COC(=O)C[C@@H](C[C@H]1COC(C)(C)O1)O[Si](C)(C)C(C)(C)C. The van der Waals surface area contributed by atoms with Crippen LogP contribution in [0, 0.1) is 0 Å². The minimum Gasteiger partial charge on any atom is -0.469 e. The highest BCUT2D eigenvalue weighted by atomic mass is 28.4. The van der Waals surface area contributed by atoms with Crippen molar-refractivity contribution in [3.63, 3.8) is 0 Å². The molecule has 0 unspecified atom stereocenters. The molecule has 1 aliphatic rings. The first-order valence-corrected chi connectivity index (χ1v) is 10.8. The molecule has 6 heteroatoms. The van der Waals surface area contributed by atoms with Crippen molar-refractivity contribution in [2.75, 3.05) is 13.7 Å². The summed E-state index contributed by atoms with van der Waals surface area (Å²) in [5.74, 6) is -0.806. The summed E-state index contributed by atoms with van der Waals surface area (Å²) in [6.45, 7) is 15.3. The van der Waals surface area contributed by atoms with Gasteiger partial charge in [-0.25, -0.2) is 0 Å². The molecule has 130 valence electrons. The summed E-state index contributed by atoms with van der Waals surface area (Å²) in [4.78, 5) is 11.7. The summed E-state index contributed by atoms with van der Waals surface area (Å²) in [7, 11) is -0.553. The second kappa shape index (κ2) is 6.99. The Hall–Kier alpha value is -0.433. The quantitative estimate of drug-likeness (QED) is 0.550. The molecule has 0 aromatic heterocycles. The van der Waals surface area contributed by atoms with E-state index in [1.807, 2.05) is 13.8 Å². The molecule has 0 aromatic carbocycles. The first-order valence-electron chi connectivity index (χ1n) is 7.93. The third kappa shape index (κ3) is 5.65. The van der Waals surface area contributed by atoms with Gasteiger partial charge in [-0.1, -0.05) is 20.8 Å². The lowest BCUT2D eigenvalue weighted by Crippen LogP contribution is -2.45. The molecule has 2 atom stereocenters. The third-order valence-corrected chi connectivity index (χ3v) is 9.02. The largest absolute Gasteiger partial charge is 0.469 e. The van der Waals surface area contributed by atoms with Crippen LogP contribution in [-0.4, -0.2) is 46.0 Å². The van der Waals surface area contributed by atoms with Gasteiger partial charge in [-0.15, -0.1) is 0 Å². The molecule has 0 radical (unpaired) electrons. The molecule has 1 heterocycles. The molecule has 22 heavy (non-hydrogen) atoms. The minimum atomic E-state index is -1.96. The van der Waals surface area contributed by atoms with Gasteiger partial charge in [0, 0.05) is 6.42 Å². The molecule has 0 aliphatic carbocycles. The van der Waals surface area contributed by atoms with Crippen LogP contribution < -0.4 is 0 Å². The number of methoxy groups -OCH3 is 1. The highest BCUT2D eigenvalue weighted by Gasteiger charge is 2.41. The zero-order chi connectivity index (χ0) is 17.2. The average Bonchev–Trinajstić information content (AvgIpc) is 2.66. The van der Waals surface area contributed by atoms with Crippen molar-refractivity contribution in [1.82, 2.24) is 0 Å². The summed E-state index contributed by atoms with van der Waals surface area (Å²) in [5, 5.41) is 0.0909. The van der Waals surface area contributed by atoms with Crippen molar-refractivity contribution < 1.29 is 23.4 Å². The van der Waals surface area contributed by atoms with Gasteiger partial charge in [0.05, 0.1) is 32.3 Å². The van der Waals surface area contributed by atoms with Gasteiger partial charge < -0.3 is 18.6 Å². The number of carbonyl (C=O) groups is 1. The second-order valence-corrected chi connectivity index (χ2v) is 12.7. The van der Waals surface area contributed by atoms with Gasteiger partial charge in [-0.3, -0.25) is 4.79 Å². The first-order chi connectivity index (χ1) is 9.86. The number of hydrogen-bond donors (Lipinski definition) is 0. The summed E-state index contributed by atoms with van der Waals surface area (Å²) >= 11 is 0. The van der Waals surface area contributed by atoms with E-state index in [1.165, 1.54) is 7.11 Å². The van der Waals surface area contributed by atoms with Crippen LogP contribution in [0.2, 0.25) is 18.1 Å². The Labute approximate surface area is 135 Å². The van der Waals surface area contributed by atoms with E-state index in [1.54, 1.807) is 0 Å². The van der Waals surface area contributed by atoms with E-state index >= 15 is 0 Å². The highest BCUT2D eigenvalue weighted by Crippen LogP contribution is 2.38. The fourth-order valence-corrected chi connectivity index (χ4v) is 3.57. The van der Waals surface area contributed by atoms with Gasteiger partial charge in [0.25, 0.3) is 0 Å². The van der Waals surface area contributed by atoms with Crippen molar-refractivity contribution in [3.05, 3.63) is 0 Å². The molecule has 0 aromatic rings. The van der Waals surface area contributed by atoms with Crippen LogP contribution in [0.5, 0.6) is 0 Å². The number of hydrogen-bond acceptors (Lipinski definition) is 5. The van der Waals surface area contributed by atoms with E-state index in [4.69, 9.17) is 18.6 Å². The Morgan fingerprint density at radius 1 is 1.36 bits per heavy atom. The van der Waals surface area contributed by atoms with Crippen molar-refractivity contribution in [3.8, 4) is 0 Å². The minimum absolute atomic E-state index is 0.0468. The molecule has 5 nitrogen and oxygen atoms in total. The zero-order valence-corrected chi connectivity index (χ0v) is 16.3. The smallest absolute Gasteiger partial charge is 0.308 e. The fraction of sp³-hybridized carbons (Fsp3) is 0.938. The van der Waals surface area contributed by atoms with Crippen LogP contribution in [-0.2, 0) is 23.4 Å². The molecule has 0 spiro atoms. The molecule has 1 rings (SSSR count). The lowest BCUT2D eigenvalue weighted by molar-refractivity contribution is -0.146. The molecular formula is C16H32O5Si. The molecular weight excluding hydrogens is 300 g/mol. The summed E-state index contributed by atoms with van der Waals surface area (Å²) < 4.78 is 22.7. The lowest BCUT2D eigenvalue weighted by atomic mass is 10.1. The predicted molar refractivity (Wildman–Crippen MR) is 88.2 cm³/mol. The van der Waals surface area contributed by atoms with Crippen LogP contribution in [0.3, 0.4) is 0 Å². The van der Waals surface area contributed by atoms with E-state index in [2.05, 4.69) is 33.9 Å². The predicted octanol–water partition coefficient (Wildman–Crippen LogP) is 3.48. The normalized spacial score (nSPS) is 23.4. The maximum atomic E-state index is 11.7. The van der Waals surface area contributed by atoms with Crippen LogP contribution in [0.15, 0.2) is 0 Å². The van der Waals surface area contributed by atoms with E-state index < -0.39 is 14.1 Å². The Morgan fingerprint density at radius 2 is 1.95 bits per heavy atom. The second-order valence-electron chi connectivity index (χ2n) is 7.97. The van der Waals surface area contributed by atoms with Crippen LogP contribution >= 0.6 is 0 Å². The molecule has 1 aliphatic heterocycles. The average molecular weight is 333 g/mol. The first kappa shape index (κ1) is 19.6. The highest BCUT2D eigenvalue weighted by molar-refractivity contribution is 6.74. The van der Waals surface area contributed by atoms with Gasteiger partial charge >= 0.3 is 5.97 Å². The van der Waals surface area contributed by atoms with Gasteiger partial charge in [0.1, 0.15) is 0 Å². The van der Waals surface area contributed by atoms with Gasteiger partial charge in [-0.2, -0.15) is 0 Å². The standard InChI is InChI=1S/C16H32O5Si/c1-15(2,3)22(7,8)21-12(10-14(17)18-6)9-13-11-19-16(4,5)20-13/h12-13H,9-11H2,1-8H3/t12-,13+/m1/s1. The maximum Gasteiger partial charge on any atom is 0.308 e. The molecule has 0 bridgehead atoms. The third-order valence-electron chi connectivity index (χ3n) is 4.48. The molecule has 1 saturated heterocycles. The van der Waals surface area contributed by atoms with E-state index in [0.29, 0.717) is 13.0 Å². The van der Waals surface area contributed by atoms with Gasteiger partial charge in [0.15, 0.2) is 14.1 Å². The van der Waals surface area contributed by atoms with Gasteiger partial charge in [-0.05, 0) is 32.0 Å². The molecule has 0 saturated carbocycles. The van der Waals surface area contributed by atoms with Crippen molar-refractivity contribution >= 4 is 14.3 Å². The lowest BCUT2D eigenvalue weighted by Gasteiger charge is -2.39. The Bertz CT molecular complexity index is 386. The number of carbonyl (C=O) groups excluding carboxylic acids is 1. The van der Waals surface area contributed by atoms with Crippen molar-refractivity contribution in [1.29, 1.82) is 0 Å². The molecule has 0 amide bonds. The van der Waals surface area contributed by atoms with E-state index in [-0.39, 0.29) is 29.6 Å². The maximum absolute atomic E-state index is 11.7. The number of esters is 1. The van der Waals surface area contributed by atoms with Crippen LogP contribution in [0.4, 0.5) is 0 Å². The van der Waals surface area contributed by atoms with Crippen LogP contribution in [0.25, 0.3) is 0 Å². The van der Waals surface area contributed by atoms with Crippen molar-refractivity contribution in [2.45, 2.75) is 83.6 Å². The van der Waals surface area contributed by atoms with Crippen molar-refractivity contribution in [2.24, 2.45) is 0 Å². The Balaban J connectivity index is 2.74. The molecule has 0 N–H and O–H groups in total. The Kier molecular flexibility index (Phi) is 6.23. The summed E-state index contributed by atoms with van der Waals surface area (Å²) in [5.41, 5.74) is 0.